The van der Waals surface area contributed by atoms with Crippen molar-refractivity contribution in [3.8, 4) is 0 Å². The monoisotopic (exact) mass is 245 g/mol. The smallest absolute Gasteiger partial charge is 0.0703 e. The van der Waals surface area contributed by atoms with E-state index < -0.39 is 0 Å². The van der Waals surface area contributed by atoms with E-state index in [4.69, 9.17) is 9.47 Å². The maximum atomic E-state index is 5.68. The summed E-state index contributed by atoms with van der Waals surface area (Å²) in [5.41, 5.74) is 0. The molecular formula is C14H31NO2. The van der Waals surface area contributed by atoms with Crippen LogP contribution < -0.4 is 5.32 Å². The first kappa shape index (κ1) is 16.9. The van der Waals surface area contributed by atoms with Gasteiger partial charge in [0, 0.05) is 6.04 Å². The van der Waals surface area contributed by atoms with Crippen LogP contribution in [0.4, 0.5) is 0 Å². The Morgan fingerprint density at radius 3 is 2.29 bits per heavy atom. The molecule has 2 unspecified atom stereocenters. The maximum absolute atomic E-state index is 5.68. The Morgan fingerprint density at radius 1 is 1.06 bits per heavy atom. The van der Waals surface area contributed by atoms with Gasteiger partial charge >= 0.3 is 0 Å². The SMILES string of the molecule is CCCNC(COCCOC(C)C)C(C)CC. The van der Waals surface area contributed by atoms with Crippen molar-refractivity contribution in [2.24, 2.45) is 5.92 Å². The predicted molar refractivity (Wildman–Crippen MR) is 73.4 cm³/mol. The highest BCUT2D eigenvalue weighted by atomic mass is 16.5. The number of rotatable bonds is 11. The van der Waals surface area contributed by atoms with Gasteiger partial charge in [-0.25, -0.2) is 0 Å². The molecule has 104 valence electrons. The zero-order chi connectivity index (χ0) is 13.1. The molecule has 0 aliphatic heterocycles. The van der Waals surface area contributed by atoms with Gasteiger partial charge in [0.15, 0.2) is 0 Å². The number of hydrogen-bond acceptors (Lipinski definition) is 3. The van der Waals surface area contributed by atoms with Crippen molar-refractivity contribution in [3.63, 3.8) is 0 Å². The second-order valence-corrected chi connectivity index (χ2v) is 4.94. The summed E-state index contributed by atoms with van der Waals surface area (Å²) in [5.74, 6) is 0.660. The summed E-state index contributed by atoms with van der Waals surface area (Å²) in [7, 11) is 0. The van der Waals surface area contributed by atoms with Crippen LogP contribution >= 0.6 is 0 Å². The van der Waals surface area contributed by atoms with Gasteiger partial charge in [-0.15, -0.1) is 0 Å². The van der Waals surface area contributed by atoms with Crippen LogP contribution in [0.5, 0.6) is 0 Å². The molecule has 0 spiro atoms. The lowest BCUT2D eigenvalue weighted by atomic mass is 10.00. The van der Waals surface area contributed by atoms with Crippen molar-refractivity contribution in [1.82, 2.24) is 5.32 Å². The fourth-order valence-electron chi connectivity index (χ4n) is 1.59. The Morgan fingerprint density at radius 2 is 1.76 bits per heavy atom. The van der Waals surface area contributed by atoms with Crippen molar-refractivity contribution in [2.75, 3.05) is 26.4 Å². The van der Waals surface area contributed by atoms with Crippen molar-refractivity contribution in [2.45, 2.75) is 59.6 Å². The molecule has 0 aliphatic rings. The topological polar surface area (TPSA) is 30.5 Å². The lowest BCUT2D eigenvalue weighted by Gasteiger charge is -2.24. The van der Waals surface area contributed by atoms with Crippen LogP contribution in [0.15, 0.2) is 0 Å². The van der Waals surface area contributed by atoms with E-state index in [-0.39, 0.29) is 0 Å². The van der Waals surface area contributed by atoms with Gasteiger partial charge in [0.2, 0.25) is 0 Å². The van der Waals surface area contributed by atoms with Gasteiger partial charge in [-0.2, -0.15) is 0 Å². The van der Waals surface area contributed by atoms with Crippen molar-refractivity contribution >= 4 is 0 Å². The quantitative estimate of drug-likeness (QED) is 0.568. The standard InChI is InChI=1S/C14H31NO2/c1-6-8-15-14(13(5)7-2)11-16-9-10-17-12(3)4/h12-15H,6-11H2,1-5H3. The highest BCUT2D eigenvalue weighted by molar-refractivity contribution is 4.71. The first-order valence-electron chi connectivity index (χ1n) is 7.04. The Balaban J connectivity index is 3.67. The summed E-state index contributed by atoms with van der Waals surface area (Å²) in [6, 6.07) is 0.471. The molecule has 3 nitrogen and oxygen atoms in total. The molecule has 2 atom stereocenters. The third-order valence-corrected chi connectivity index (χ3v) is 2.96. The summed E-state index contributed by atoms with van der Waals surface area (Å²) in [4.78, 5) is 0. The summed E-state index contributed by atoms with van der Waals surface area (Å²) < 4.78 is 11.1. The minimum Gasteiger partial charge on any atom is -0.377 e. The normalized spacial score (nSPS) is 15.2. The second-order valence-electron chi connectivity index (χ2n) is 4.94. The first-order valence-corrected chi connectivity index (χ1v) is 7.04. The molecule has 1 N–H and O–H groups in total. The van der Waals surface area contributed by atoms with E-state index in [0.717, 1.165) is 13.2 Å². The van der Waals surface area contributed by atoms with Crippen LogP contribution in [0.1, 0.15) is 47.5 Å². The summed E-state index contributed by atoms with van der Waals surface area (Å²) >= 11 is 0. The molecule has 0 radical (unpaired) electrons. The largest absolute Gasteiger partial charge is 0.377 e. The van der Waals surface area contributed by atoms with Crippen molar-refractivity contribution in [1.29, 1.82) is 0 Å². The highest BCUT2D eigenvalue weighted by Crippen LogP contribution is 2.08. The zero-order valence-electron chi connectivity index (χ0n) is 12.3. The lowest BCUT2D eigenvalue weighted by molar-refractivity contribution is 0.00978. The molecule has 0 aliphatic carbocycles. The van der Waals surface area contributed by atoms with Crippen molar-refractivity contribution in [3.05, 3.63) is 0 Å². The van der Waals surface area contributed by atoms with E-state index in [1.165, 1.54) is 12.8 Å². The number of nitrogens with one attached hydrogen (secondary N) is 1. The first-order chi connectivity index (χ1) is 8.11. The predicted octanol–water partition coefficient (Wildman–Crippen LogP) is 2.84. The van der Waals surface area contributed by atoms with E-state index in [2.05, 4.69) is 26.1 Å². The Kier molecular flexibility index (Phi) is 10.9. The van der Waals surface area contributed by atoms with E-state index in [0.29, 0.717) is 31.3 Å². The minimum atomic E-state index is 0.294. The lowest BCUT2D eigenvalue weighted by Crippen LogP contribution is -2.39. The average molecular weight is 245 g/mol. The maximum Gasteiger partial charge on any atom is 0.0703 e. The third kappa shape index (κ3) is 9.57. The van der Waals surface area contributed by atoms with Gasteiger partial charge in [-0.1, -0.05) is 27.2 Å². The van der Waals surface area contributed by atoms with E-state index in [1.54, 1.807) is 0 Å². The molecular weight excluding hydrogens is 214 g/mol. The van der Waals surface area contributed by atoms with Crippen molar-refractivity contribution < 1.29 is 9.47 Å². The van der Waals surface area contributed by atoms with Crippen LogP contribution in [0, 0.1) is 5.92 Å². The summed E-state index contributed by atoms with van der Waals surface area (Å²) in [5, 5.41) is 3.55. The van der Waals surface area contributed by atoms with Crippen LogP contribution in [0.2, 0.25) is 0 Å². The summed E-state index contributed by atoms with van der Waals surface area (Å²) in [6.07, 6.45) is 2.65. The molecule has 0 saturated heterocycles. The number of ether oxygens (including phenoxy) is 2. The molecule has 0 aromatic carbocycles. The van der Waals surface area contributed by atoms with Gasteiger partial charge in [0.05, 0.1) is 25.9 Å². The third-order valence-electron chi connectivity index (χ3n) is 2.96. The molecule has 0 saturated carbocycles. The molecule has 0 heterocycles. The Hall–Kier alpha value is -0.120. The van der Waals surface area contributed by atoms with E-state index in [9.17, 15) is 0 Å². The molecule has 0 aromatic heterocycles. The van der Waals surface area contributed by atoms with Crippen LogP contribution in [-0.4, -0.2) is 38.5 Å². The Bertz CT molecular complexity index is 162. The van der Waals surface area contributed by atoms with Gasteiger partial charge in [0.25, 0.3) is 0 Å². The second kappa shape index (κ2) is 11.0. The van der Waals surface area contributed by atoms with Gasteiger partial charge in [-0.05, 0) is 32.7 Å². The van der Waals surface area contributed by atoms with Gasteiger partial charge in [0.1, 0.15) is 0 Å². The van der Waals surface area contributed by atoms with Crippen LogP contribution in [0.3, 0.4) is 0 Å². The fourth-order valence-corrected chi connectivity index (χ4v) is 1.59. The average Bonchev–Trinajstić information content (AvgIpc) is 2.31. The van der Waals surface area contributed by atoms with Gasteiger partial charge < -0.3 is 14.8 Å². The molecule has 17 heavy (non-hydrogen) atoms. The molecule has 3 heteroatoms. The zero-order valence-corrected chi connectivity index (χ0v) is 12.3. The fraction of sp³-hybridized carbons (Fsp3) is 1.00. The Labute approximate surface area is 107 Å². The minimum absolute atomic E-state index is 0.294. The highest BCUT2D eigenvalue weighted by Gasteiger charge is 2.14. The molecule has 0 rings (SSSR count). The molecule has 0 aromatic rings. The number of hydrogen-bond donors (Lipinski definition) is 1. The summed E-state index contributed by atoms with van der Waals surface area (Å²) in [6.45, 7) is 14.0. The molecule has 0 fully saturated rings. The molecule has 0 bridgehead atoms. The molecule has 0 amide bonds. The van der Waals surface area contributed by atoms with Crippen LogP contribution in [-0.2, 0) is 9.47 Å². The van der Waals surface area contributed by atoms with E-state index in [1.807, 2.05) is 13.8 Å². The van der Waals surface area contributed by atoms with E-state index >= 15 is 0 Å². The van der Waals surface area contributed by atoms with Crippen LogP contribution in [0.25, 0.3) is 0 Å². The van der Waals surface area contributed by atoms with Gasteiger partial charge in [-0.3, -0.25) is 0 Å².